The van der Waals surface area contributed by atoms with E-state index >= 15 is 0 Å². The molecule has 0 radical (unpaired) electrons. The van der Waals surface area contributed by atoms with Gasteiger partial charge in [-0.25, -0.2) is 0 Å². The third-order valence-electron chi connectivity index (χ3n) is 3.52. The fraction of sp³-hybridized carbons (Fsp3) is 0.500. The summed E-state index contributed by atoms with van der Waals surface area (Å²) in [6.45, 7) is 5.02. The standard InChI is InChI=1S/C14H20ClN3O/c1-2-13(16)14(19)18-8-6-17(7-9-18)12-5-3-4-11(15)10-12/h3-5,10,13H,2,6-9,16H2,1H3. The van der Waals surface area contributed by atoms with Gasteiger partial charge in [-0.05, 0) is 24.6 Å². The number of carbonyl (C=O) groups is 1. The van der Waals surface area contributed by atoms with Gasteiger partial charge in [0.2, 0.25) is 5.91 Å². The van der Waals surface area contributed by atoms with Crippen molar-refractivity contribution in [3.63, 3.8) is 0 Å². The van der Waals surface area contributed by atoms with E-state index in [2.05, 4.69) is 4.90 Å². The van der Waals surface area contributed by atoms with Crippen molar-refractivity contribution in [2.24, 2.45) is 5.73 Å². The van der Waals surface area contributed by atoms with Gasteiger partial charge in [-0.2, -0.15) is 0 Å². The van der Waals surface area contributed by atoms with E-state index < -0.39 is 0 Å². The minimum Gasteiger partial charge on any atom is -0.368 e. The number of carbonyl (C=O) groups excluding carboxylic acids is 1. The Bertz CT molecular complexity index is 444. The molecule has 2 N–H and O–H groups in total. The van der Waals surface area contributed by atoms with E-state index in [4.69, 9.17) is 17.3 Å². The molecule has 4 nitrogen and oxygen atoms in total. The van der Waals surface area contributed by atoms with Gasteiger partial charge in [-0.15, -0.1) is 0 Å². The number of nitrogens with zero attached hydrogens (tertiary/aromatic N) is 2. The zero-order valence-electron chi connectivity index (χ0n) is 11.2. The van der Waals surface area contributed by atoms with Gasteiger partial charge in [0.15, 0.2) is 0 Å². The molecule has 1 aromatic carbocycles. The van der Waals surface area contributed by atoms with Crippen LogP contribution in [0.15, 0.2) is 24.3 Å². The molecule has 1 amide bonds. The Labute approximate surface area is 119 Å². The number of anilines is 1. The van der Waals surface area contributed by atoms with Gasteiger partial charge >= 0.3 is 0 Å². The average molecular weight is 282 g/mol. The lowest BCUT2D eigenvalue weighted by molar-refractivity contribution is -0.132. The van der Waals surface area contributed by atoms with Gasteiger partial charge < -0.3 is 15.5 Å². The average Bonchev–Trinajstić information content (AvgIpc) is 2.46. The smallest absolute Gasteiger partial charge is 0.239 e. The zero-order valence-corrected chi connectivity index (χ0v) is 11.9. The minimum absolute atomic E-state index is 0.0632. The first-order chi connectivity index (χ1) is 9.11. The van der Waals surface area contributed by atoms with Crippen LogP contribution in [0.3, 0.4) is 0 Å². The maximum atomic E-state index is 12.0. The molecule has 0 aliphatic carbocycles. The van der Waals surface area contributed by atoms with Gasteiger partial charge in [0.05, 0.1) is 6.04 Å². The predicted octanol–water partition coefficient (Wildman–Crippen LogP) is 1.73. The number of nitrogens with two attached hydrogens (primary N) is 1. The first-order valence-corrected chi connectivity index (χ1v) is 7.04. The van der Waals surface area contributed by atoms with Crippen molar-refractivity contribution < 1.29 is 4.79 Å². The first-order valence-electron chi connectivity index (χ1n) is 6.66. The summed E-state index contributed by atoms with van der Waals surface area (Å²) in [6.07, 6.45) is 0.688. The molecule has 104 valence electrons. The van der Waals surface area contributed by atoms with E-state index in [-0.39, 0.29) is 11.9 Å². The van der Waals surface area contributed by atoms with Crippen molar-refractivity contribution >= 4 is 23.2 Å². The molecule has 1 aliphatic heterocycles. The van der Waals surface area contributed by atoms with Crippen molar-refractivity contribution in [3.05, 3.63) is 29.3 Å². The SMILES string of the molecule is CCC(N)C(=O)N1CCN(c2cccc(Cl)c2)CC1. The summed E-state index contributed by atoms with van der Waals surface area (Å²) in [5, 5.41) is 0.740. The molecule has 0 spiro atoms. The molecule has 0 aromatic heterocycles. The fourth-order valence-corrected chi connectivity index (χ4v) is 2.45. The zero-order chi connectivity index (χ0) is 13.8. The van der Waals surface area contributed by atoms with Gasteiger partial charge in [0.25, 0.3) is 0 Å². The molecule has 1 unspecified atom stereocenters. The first kappa shape index (κ1) is 14.2. The molecule has 1 saturated heterocycles. The quantitative estimate of drug-likeness (QED) is 0.918. The number of hydrogen-bond acceptors (Lipinski definition) is 3. The number of rotatable bonds is 3. The largest absolute Gasteiger partial charge is 0.368 e. The third kappa shape index (κ3) is 3.39. The third-order valence-corrected chi connectivity index (χ3v) is 3.76. The molecule has 0 bridgehead atoms. The Balaban J connectivity index is 1.94. The van der Waals surface area contributed by atoms with Crippen LogP contribution in [0, 0.1) is 0 Å². The summed E-state index contributed by atoms with van der Waals surface area (Å²) in [6, 6.07) is 7.45. The maximum Gasteiger partial charge on any atom is 0.239 e. The van der Waals surface area contributed by atoms with Crippen LogP contribution in [0.4, 0.5) is 5.69 Å². The van der Waals surface area contributed by atoms with Crippen LogP contribution in [0.1, 0.15) is 13.3 Å². The molecule has 1 fully saturated rings. The van der Waals surface area contributed by atoms with Gasteiger partial charge in [0, 0.05) is 36.9 Å². The Hall–Kier alpha value is -1.26. The Morgan fingerprint density at radius 3 is 2.63 bits per heavy atom. The van der Waals surface area contributed by atoms with Gasteiger partial charge in [-0.3, -0.25) is 4.79 Å². The highest BCUT2D eigenvalue weighted by atomic mass is 35.5. The lowest BCUT2D eigenvalue weighted by atomic mass is 10.2. The van der Waals surface area contributed by atoms with Crippen molar-refractivity contribution in [2.45, 2.75) is 19.4 Å². The molecule has 1 atom stereocenters. The number of amides is 1. The van der Waals surface area contributed by atoms with Crippen molar-refractivity contribution in [1.82, 2.24) is 4.90 Å². The number of benzene rings is 1. The van der Waals surface area contributed by atoms with Gasteiger partial charge in [0.1, 0.15) is 0 Å². The van der Waals surface area contributed by atoms with E-state index in [0.29, 0.717) is 6.42 Å². The molecule has 19 heavy (non-hydrogen) atoms. The molecule has 2 rings (SSSR count). The highest BCUT2D eigenvalue weighted by Crippen LogP contribution is 2.20. The number of hydrogen-bond donors (Lipinski definition) is 1. The Kier molecular flexibility index (Phi) is 4.66. The number of piperazine rings is 1. The predicted molar refractivity (Wildman–Crippen MR) is 78.5 cm³/mol. The second-order valence-corrected chi connectivity index (χ2v) is 5.24. The van der Waals surface area contributed by atoms with Crippen LogP contribution in [0.25, 0.3) is 0 Å². The van der Waals surface area contributed by atoms with E-state index in [1.165, 1.54) is 0 Å². The van der Waals surface area contributed by atoms with E-state index in [1.54, 1.807) is 0 Å². The molecule has 5 heteroatoms. The molecule has 1 heterocycles. The van der Waals surface area contributed by atoms with Crippen molar-refractivity contribution in [2.75, 3.05) is 31.1 Å². The Morgan fingerprint density at radius 1 is 1.37 bits per heavy atom. The van der Waals surface area contributed by atoms with E-state index in [0.717, 1.165) is 36.9 Å². The maximum absolute atomic E-state index is 12.0. The lowest BCUT2D eigenvalue weighted by Crippen LogP contribution is -2.53. The molecule has 1 aliphatic rings. The summed E-state index contributed by atoms with van der Waals surface area (Å²) in [5.41, 5.74) is 6.90. The normalized spacial score (nSPS) is 17.4. The molecular formula is C14H20ClN3O. The fourth-order valence-electron chi connectivity index (χ4n) is 2.27. The van der Waals surface area contributed by atoms with E-state index in [1.807, 2.05) is 36.1 Å². The second kappa shape index (κ2) is 6.26. The number of halogens is 1. The summed E-state index contributed by atoms with van der Waals surface area (Å²) >= 11 is 6.00. The van der Waals surface area contributed by atoms with E-state index in [9.17, 15) is 4.79 Å². The van der Waals surface area contributed by atoms with Gasteiger partial charge in [-0.1, -0.05) is 24.6 Å². The monoisotopic (exact) mass is 281 g/mol. The van der Waals surface area contributed by atoms with Crippen molar-refractivity contribution in [1.29, 1.82) is 0 Å². The highest BCUT2D eigenvalue weighted by molar-refractivity contribution is 6.30. The summed E-state index contributed by atoms with van der Waals surface area (Å²) in [5.74, 6) is 0.0632. The summed E-state index contributed by atoms with van der Waals surface area (Å²) < 4.78 is 0. The minimum atomic E-state index is -0.363. The topological polar surface area (TPSA) is 49.6 Å². The molecule has 1 aromatic rings. The second-order valence-electron chi connectivity index (χ2n) is 4.81. The van der Waals surface area contributed by atoms with Crippen LogP contribution in [-0.2, 0) is 4.79 Å². The van der Waals surface area contributed by atoms with Crippen LogP contribution in [0.5, 0.6) is 0 Å². The molecular weight excluding hydrogens is 262 g/mol. The summed E-state index contributed by atoms with van der Waals surface area (Å²) in [7, 11) is 0. The lowest BCUT2D eigenvalue weighted by Gasteiger charge is -2.37. The van der Waals surface area contributed by atoms with Crippen LogP contribution >= 0.6 is 11.6 Å². The van der Waals surface area contributed by atoms with Crippen LogP contribution < -0.4 is 10.6 Å². The molecule has 0 saturated carbocycles. The van der Waals surface area contributed by atoms with Crippen molar-refractivity contribution in [3.8, 4) is 0 Å². The highest BCUT2D eigenvalue weighted by Gasteiger charge is 2.24. The Morgan fingerprint density at radius 2 is 2.05 bits per heavy atom. The van der Waals surface area contributed by atoms with Crippen LogP contribution in [-0.4, -0.2) is 43.0 Å². The van der Waals surface area contributed by atoms with Crippen LogP contribution in [0.2, 0.25) is 5.02 Å². The summed E-state index contributed by atoms with van der Waals surface area (Å²) in [4.78, 5) is 16.1.